The zero-order valence-electron chi connectivity index (χ0n) is 10.2. The molecular formula is C4H12F5N3O4P4. The van der Waals surface area contributed by atoms with Crippen molar-refractivity contribution in [1.29, 1.82) is 0 Å². The van der Waals surface area contributed by atoms with Crippen LogP contribution in [-0.4, -0.2) is 27.4 Å². The van der Waals surface area contributed by atoms with E-state index >= 15 is 0 Å². The second-order valence-corrected chi connectivity index (χ2v) is 8.55. The molecule has 0 aromatic rings. The molecule has 1 rings (SSSR count). The highest BCUT2D eigenvalue weighted by Gasteiger charge is 2.42. The van der Waals surface area contributed by atoms with E-state index in [1.54, 1.807) is 13.8 Å². The van der Waals surface area contributed by atoms with Gasteiger partial charge in [0.1, 0.15) is 0 Å². The van der Waals surface area contributed by atoms with E-state index in [2.05, 4.69) is 13.6 Å². The molecule has 0 spiro atoms. The van der Waals surface area contributed by atoms with Crippen molar-refractivity contribution in [3.63, 3.8) is 0 Å². The van der Waals surface area contributed by atoms with Gasteiger partial charge in [0.05, 0.1) is 13.2 Å². The summed E-state index contributed by atoms with van der Waals surface area (Å²) in [7, 11) is -14.3. The number of phosphoric ester groups is 1. The maximum atomic E-state index is 12.1. The highest BCUT2D eigenvalue weighted by molar-refractivity contribution is 7.73. The Bertz CT molecular complexity index is 370. The summed E-state index contributed by atoms with van der Waals surface area (Å²) in [5.74, 6) is 0. The van der Waals surface area contributed by atoms with Crippen molar-refractivity contribution >= 4 is 33.1 Å². The van der Waals surface area contributed by atoms with E-state index in [1.807, 2.05) is 0 Å². The molecule has 0 saturated carbocycles. The van der Waals surface area contributed by atoms with E-state index in [1.165, 1.54) is 0 Å². The number of rotatable bonds is 4. The molecule has 16 heteroatoms. The van der Waals surface area contributed by atoms with Crippen LogP contribution in [0.25, 0.3) is 0 Å². The summed E-state index contributed by atoms with van der Waals surface area (Å²) in [6, 6.07) is 0. The zero-order chi connectivity index (χ0) is 15.9. The van der Waals surface area contributed by atoms with Crippen molar-refractivity contribution in [2.24, 2.45) is 4.52 Å². The van der Waals surface area contributed by atoms with Gasteiger partial charge in [-0.25, -0.2) is 4.57 Å². The zero-order valence-corrected chi connectivity index (χ0v) is 13.8. The average Bonchev–Trinajstić information content (AvgIpc) is 2.34. The van der Waals surface area contributed by atoms with E-state index < -0.39 is 42.4 Å². The molecule has 1 aliphatic rings. The Hall–Kier alpha value is 0.770. The lowest BCUT2D eigenvalue weighted by Crippen LogP contribution is -2.06. The number of halogens is 5. The van der Waals surface area contributed by atoms with Crippen LogP contribution in [-0.2, 0) is 13.6 Å². The Morgan fingerprint density at radius 2 is 1.75 bits per heavy atom. The highest BCUT2D eigenvalue weighted by Crippen LogP contribution is 2.72. The Balaban J connectivity index is 0.000000370. The topological polar surface area (TPSA) is 74.6 Å². The van der Waals surface area contributed by atoms with Gasteiger partial charge in [-0.2, -0.15) is 17.1 Å². The second-order valence-electron chi connectivity index (χ2n) is 2.66. The molecule has 1 N–H and O–H groups in total. The van der Waals surface area contributed by atoms with Gasteiger partial charge in [-0.05, 0) is 23.2 Å². The van der Waals surface area contributed by atoms with Gasteiger partial charge in [0.2, 0.25) is 8.17 Å². The maximum absolute atomic E-state index is 12.1. The van der Waals surface area contributed by atoms with Crippen LogP contribution in [0, 0.1) is 0 Å². The molecule has 0 aromatic heterocycles. The lowest BCUT2D eigenvalue weighted by Gasteiger charge is -2.23. The van der Waals surface area contributed by atoms with Gasteiger partial charge < -0.3 is 4.89 Å². The van der Waals surface area contributed by atoms with Gasteiger partial charge in [0.15, 0.2) is 0 Å². The van der Waals surface area contributed by atoms with Gasteiger partial charge in [-0.3, -0.25) is 9.05 Å². The van der Waals surface area contributed by atoms with Gasteiger partial charge in [0.25, 0.3) is 0 Å². The molecule has 0 amide bonds. The summed E-state index contributed by atoms with van der Waals surface area (Å²) < 4.78 is 80.0. The summed E-state index contributed by atoms with van der Waals surface area (Å²) in [6.45, 7) is 3.63. The molecule has 0 bridgehead atoms. The average molecular weight is 385 g/mol. The van der Waals surface area contributed by atoms with Crippen molar-refractivity contribution in [3.05, 3.63) is 0 Å². The summed E-state index contributed by atoms with van der Waals surface area (Å²) in [5.41, 5.74) is 0. The maximum Gasteiger partial charge on any atom is 0.472 e. The third kappa shape index (κ3) is 7.16. The summed E-state index contributed by atoms with van der Waals surface area (Å²) in [5, 5.41) is 0. The number of hydrogen-bond acceptors (Lipinski definition) is 6. The SMILES string of the molecule is CCOP(=O)(O)OCC.FN1P(F)N=[PH](F)N(F)P1F. The monoisotopic (exact) mass is 385 g/mol. The first-order chi connectivity index (χ1) is 9.16. The van der Waals surface area contributed by atoms with E-state index in [9.17, 15) is 26.1 Å². The van der Waals surface area contributed by atoms with Gasteiger partial charge >= 0.3 is 24.9 Å². The highest BCUT2D eigenvalue weighted by atomic mass is 31.3. The molecule has 20 heavy (non-hydrogen) atoms. The first kappa shape index (κ1) is 20.8. The predicted octanol–water partition coefficient (Wildman–Crippen LogP) is 5.12. The smallest absolute Gasteiger partial charge is 0.302 e. The van der Waals surface area contributed by atoms with Crippen LogP contribution in [0.2, 0.25) is 0 Å². The first-order valence-electron chi connectivity index (χ1n) is 4.85. The summed E-state index contributed by atoms with van der Waals surface area (Å²) in [4.78, 5) is 8.63. The fourth-order valence-corrected chi connectivity index (χ4v) is 5.12. The van der Waals surface area contributed by atoms with Crippen LogP contribution in [0.4, 0.5) is 21.6 Å². The predicted molar refractivity (Wildman–Crippen MR) is 66.9 cm³/mol. The summed E-state index contributed by atoms with van der Waals surface area (Å²) in [6.07, 6.45) is 0. The molecule has 0 radical (unpaired) electrons. The molecule has 1 heterocycles. The third-order valence-corrected chi connectivity index (χ3v) is 6.82. The van der Waals surface area contributed by atoms with Crippen LogP contribution >= 0.6 is 33.1 Å². The van der Waals surface area contributed by atoms with Crippen molar-refractivity contribution in [1.82, 2.24) is 9.33 Å². The molecule has 0 aliphatic carbocycles. The standard InChI is InChI=1S/C4H11O4P.F5HN3P3/c1-3-7-9(5,6)8-4-2;1-7-9(3)6-10(4)8(2)11(7)5/h3-4H2,1-2H3,(H,5,6);9H. The molecular weight excluding hydrogens is 373 g/mol. The quantitative estimate of drug-likeness (QED) is 0.411. The minimum atomic E-state index is -3.69. The first-order valence-corrected chi connectivity index (χ1v) is 9.90. The van der Waals surface area contributed by atoms with Crippen LogP contribution in [0.1, 0.15) is 13.8 Å². The van der Waals surface area contributed by atoms with Crippen molar-refractivity contribution in [2.75, 3.05) is 13.2 Å². The minimum Gasteiger partial charge on any atom is -0.302 e. The second kappa shape index (κ2) is 9.72. The lowest BCUT2D eigenvalue weighted by atomic mass is 10.9. The largest absolute Gasteiger partial charge is 0.472 e. The number of phosphoric acid groups is 1. The van der Waals surface area contributed by atoms with E-state index in [4.69, 9.17) is 4.89 Å². The van der Waals surface area contributed by atoms with E-state index in [-0.39, 0.29) is 13.2 Å². The minimum absolute atomic E-state index is 0.188. The van der Waals surface area contributed by atoms with Crippen LogP contribution < -0.4 is 0 Å². The van der Waals surface area contributed by atoms with Crippen LogP contribution in [0.3, 0.4) is 0 Å². The van der Waals surface area contributed by atoms with Gasteiger partial charge in [-0.1, -0.05) is 0 Å². The molecule has 0 fully saturated rings. The molecule has 3 atom stereocenters. The summed E-state index contributed by atoms with van der Waals surface area (Å²) >= 11 is 0. The molecule has 0 aromatic carbocycles. The van der Waals surface area contributed by atoms with Crippen LogP contribution in [0.15, 0.2) is 4.52 Å². The fraction of sp³-hybridized carbons (Fsp3) is 1.00. The number of hydrogen-bond donors (Lipinski definition) is 1. The Kier molecular flexibility index (Phi) is 10.1. The molecule has 122 valence electrons. The Morgan fingerprint density at radius 3 is 2.15 bits per heavy atom. The number of nitrogens with zero attached hydrogens (tertiary/aromatic N) is 3. The van der Waals surface area contributed by atoms with Gasteiger partial charge in [0, 0.05) is 0 Å². The Labute approximate surface area is 115 Å². The van der Waals surface area contributed by atoms with Crippen molar-refractivity contribution in [2.45, 2.75) is 13.8 Å². The van der Waals surface area contributed by atoms with Crippen LogP contribution in [0.5, 0.6) is 0 Å². The molecule has 1 aliphatic heterocycles. The lowest BCUT2D eigenvalue weighted by molar-refractivity contribution is 0.161. The van der Waals surface area contributed by atoms with Crippen molar-refractivity contribution < 1.29 is 40.1 Å². The molecule has 3 unspecified atom stereocenters. The fourth-order valence-electron chi connectivity index (χ4n) is 0.699. The normalized spacial score (nSPS) is 28.5. The molecule has 7 nitrogen and oxygen atoms in total. The third-order valence-electron chi connectivity index (χ3n) is 1.32. The van der Waals surface area contributed by atoms with E-state index in [0.29, 0.717) is 0 Å². The molecule has 0 saturated heterocycles. The van der Waals surface area contributed by atoms with E-state index in [0.717, 1.165) is 0 Å². The van der Waals surface area contributed by atoms with Crippen molar-refractivity contribution in [3.8, 4) is 0 Å². The Morgan fingerprint density at radius 1 is 1.30 bits per heavy atom. The van der Waals surface area contributed by atoms with Gasteiger partial charge in [-0.15, -0.1) is 8.96 Å².